The Morgan fingerprint density at radius 3 is 2.40 bits per heavy atom. The van der Waals surface area contributed by atoms with Gasteiger partial charge in [0.2, 0.25) is 12.7 Å². The number of carbonyl (C=O) groups excluding carboxylic acids is 3. The van der Waals surface area contributed by atoms with Gasteiger partial charge in [-0.25, -0.2) is 4.79 Å². The van der Waals surface area contributed by atoms with E-state index in [1.54, 1.807) is 60.2 Å². The van der Waals surface area contributed by atoms with Crippen LogP contribution in [-0.4, -0.2) is 91.1 Å². The molecule has 0 radical (unpaired) electrons. The molecular weight excluding hydrogens is 640 g/mol. The van der Waals surface area contributed by atoms with Crippen LogP contribution in [0.25, 0.3) is 0 Å². The Balaban J connectivity index is 1.36. The smallest absolute Gasteiger partial charge is 0.323 e. The van der Waals surface area contributed by atoms with Gasteiger partial charge in [0, 0.05) is 50.1 Å². The van der Waals surface area contributed by atoms with Crippen molar-refractivity contribution in [1.29, 1.82) is 0 Å². The van der Waals surface area contributed by atoms with E-state index in [0.29, 0.717) is 41.8 Å². The maximum Gasteiger partial charge on any atom is 0.323 e. The largest absolute Gasteiger partial charge is 0.490 e. The molecule has 12 heteroatoms. The highest BCUT2D eigenvalue weighted by atomic mass is 16.7. The Morgan fingerprint density at radius 2 is 1.66 bits per heavy atom. The second-order valence-electron chi connectivity index (χ2n) is 13.1. The zero-order chi connectivity index (χ0) is 35.6. The van der Waals surface area contributed by atoms with E-state index in [4.69, 9.17) is 18.9 Å². The van der Waals surface area contributed by atoms with Gasteiger partial charge in [-0.05, 0) is 69.0 Å². The summed E-state index contributed by atoms with van der Waals surface area (Å²) in [6, 6.07) is 18.7. The summed E-state index contributed by atoms with van der Waals surface area (Å²) in [5.41, 5.74) is 2.10. The molecule has 50 heavy (non-hydrogen) atoms. The van der Waals surface area contributed by atoms with E-state index in [1.807, 2.05) is 44.2 Å². The number of anilines is 2. The summed E-state index contributed by atoms with van der Waals surface area (Å²) in [6.45, 7) is 6.70. The number of fused-ring (bicyclic) bond motifs is 2. The van der Waals surface area contributed by atoms with E-state index >= 15 is 0 Å². The number of hydrogen-bond acceptors (Lipinski definition) is 8. The van der Waals surface area contributed by atoms with E-state index in [-0.39, 0.29) is 61.9 Å². The maximum absolute atomic E-state index is 14.4. The first-order chi connectivity index (χ1) is 24.1. The van der Waals surface area contributed by atoms with Crippen molar-refractivity contribution < 1.29 is 38.4 Å². The SMILES string of the molecule is C[C@@H]1CCCCO[C@H](CN(C)C(=O)Cc2ccccc2)[C@@H](C)CN([C@H](C)CO)C(=O)c2cc(NC(=O)Nc3ccc4c(c3)OCO4)ccc2O1. The lowest BCUT2D eigenvalue weighted by Crippen LogP contribution is -2.48. The molecule has 0 spiro atoms. The molecule has 0 saturated carbocycles. The van der Waals surface area contributed by atoms with Crippen molar-refractivity contribution in [2.75, 3.05) is 50.8 Å². The zero-order valence-electron chi connectivity index (χ0n) is 29.2. The number of nitrogens with zero attached hydrogens (tertiary/aromatic N) is 2. The number of hydrogen-bond donors (Lipinski definition) is 3. The number of amides is 4. The lowest BCUT2D eigenvalue weighted by molar-refractivity contribution is -0.131. The number of aliphatic hydroxyl groups excluding tert-OH is 1. The van der Waals surface area contributed by atoms with Crippen LogP contribution in [0.2, 0.25) is 0 Å². The van der Waals surface area contributed by atoms with Gasteiger partial charge in [-0.15, -0.1) is 0 Å². The fourth-order valence-corrected chi connectivity index (χ4v) is 6.01. The molecule has 3 aromatic rings. The quantitative estimate of drug-likeness (QED) is 0.280. The topological polar surface area (TPSA) is 139 Å². The standard InChI is InChI=1S/C38H48N4O8/c1-25-21-42(26(2)23-43)37(45)31-19-29(39-38(46)40-30-14-16-33-34(20-30)49-24-48-33)13-15-32(31)50-27(3)10-8-9-17-47-35(25)22-41(4)36(44)18-28-11-6-5-7-12-28/h5-7,11-16,19-20,25-27,35,43H,8-10,17-18,21-24H2,1-4H3,(H2,39,40,46)/t25-,26+,27+,35+/m0/s1. The third-order valence-corrected chi connectivity index (χ3v) is 9.02. The number of ether oxygens (including phenoxy) is 4. The normalized spacial score (nSPS) is 20.1. The number of rotatable bonds is 8. The fourth-order valence-electron chi connectivity index (χ4n) is 6.01. The molecule has 0 bridgehead atoms. The predicted molar refractivity (Wildman–Crippen MR) is 190 cm³/mol. The minimum absolute atomic E-state index is 0.0226. The average molecular weight is 689 g/mol. The van der Waals surface area contributed by atoms with Crippen LogP contribution in [0.1, 0.15) is 56.0 Å². The first kappa shape index (κ1) is 36.5. The van der Waals surface area contributed by atoms with Crippen LogP contribution >= 0.6 is 0 Å². The summed E-state index contributed by atoms with van der Waals surface area (Å²) < 4.78 is 23.5. The minimum Gasteiger partial charge on any atom is -0.490 e. The van der Waals surface area contributed by atoms with Crippen molar-refractivity contribution in [3.8, 4) is 17.2 Å². The number of nitrogens with one attached hydrogen (secondary N) is 2. The van der Waals surface area contributed by atoms with Crippen LogP contribution in [-0.2, 0) is 16.0 Å². The van der Waals surface area contributed by atoms with E-state index in [9.17, 15) is 19.5 Å². The molecule has 268 valence electrons. The Bertz CT molecular complexity index is 1620. The van der Waals surface area contributed by atoms with E-state index in [1.165, 1.54) is 0 Å². The molecule has 0 saturated heterocycles. The molecule has 3 aromatic carbocycles. The highest BCUT2D eigenvalue weighted by Gasteiger charge is 2.31. The summed E-state index contributed by atoms with van der Waals surface area (Å²) >= 11 is 0. The van der Waals surface area contributed by atoms with Gasteiger partial charge >= 0.3 is 6.03 Å². The minimum atomic E-state index is -0.535. The molecule has 2 aliphatic heterocycles. The van der Waals surface area contributed by atoms with Crippen molar-refractivity contribution in [3.05, 3.63) is 77.9 Å². The highest BCUT2D eigenvalue weighted by molar-refractivity contribution is 6.02. The van der Waals surface area contributed by atoms with Gasteiger partial charge in [0.25, 0.3) is 5.91 Å². The molecule has 12 nitrogen and oxygen atoms in total. The summed E-state index contributed by atoms with van der Waals surface area (Å²) in [5, 5.41) is 15.9. The van der Waals surface area contributed by atoms with E-state index < -0.39 is 12.1 Å². The van der Waals surface area contributed by atoms with Crippen molar-refractivity contribution in [2.24, 2.45) is 5.92 Å². The molecule has 2 heterocycles. The van der Waals surface area contributed by atoms with Crippen LogP contribution in [0.4, 0.5) is 16.2 Å². The second-order valence-corrected chi connectivity index (χ2v) is 13.1. The Kier molecular flexibility index (Phi) is 12.6. The van der Waals surface area contributed by atoms with Gasteiger partial charge in [0.15, 0.2) is 11.5 Å². The fraction of sp³-hybridized carbons (Fsp3) is 0.447. The average Bonchev–Trinajstić information content (AvgIpc) is 3.58. The first-order valence-electron chi connectivity index (χ1n) is 17.2. The maximum atomic E-state index is 14.4. The number of urea groups is 1. The molecule has 4 atom stereocenters. The number of carbonyl (C=O) groups is 3. The molecule has 0 aromatic heterocycles. The summed E-state index contributed by atoms with van der Waals surface area (Å²) in [6.07, 6.45) is 2.12. The lowest BCUT2D eigenvalue weighted by atomic mass is 10.0. The number of benzene rings is 3. The van der Waals surface area contributed by atoms with Gasteiger partial charge < -0.3 is 44.5 Å². The van der Waals surface area contributed by atoms with Gasteiger partial charge in [0.1, 0.15) is 5.75 Å². The van der Waals surface area contributed by atoms with Crippen molar-refractivity contribution in [1.82, 2.24) is 9.80 Å². The summed E-state index contributed by atoms with van der Waals surface area (Å²) in [7, 11) is 1.78. The van der Waals surface area contributed by atoms with Gasteiger partial charge in [-0.2, -0.15) is 0 Å². The molecule has 3 N–H and O–H groups in total. The third kappa shape index (κ3) is 9.66. The summed E-state index contributed by atoms with van der Waals surface area (Å²) in [5.74, 6) is 0.960. The van der Waals surface area contributed by atoms with Crippen LogP contribution in [0.5, 0.6) is 17.2 Å². The Morgan fingerprint density at radius 1 is 0.960 bits per heavy atom. The molecular formula is C38H48N4O8. The predicted octanol–water partition coefficient (Wildman–Crippen LogP) is 5.56. The zero-order valence-corrected chi connectivity index (χ0v) is 29.2. The molecule has 5 rings (SSSR count). The third-order valence-electron chi connectivity index (χ3n) is 9.02. The van der Waals surface area contributed by atoms with Crippen molar-refractivity contribution >= 4 is 29.2 Å². The van der Waals surface area contributed by atoms with Crippen LogP contribution in [0.3, 0.4) is 0 Å². The lowest BCUT2D eigenvalue weighted by Gasteiger charge is -2.36. The first-order valence-corrected chi connectivity index (χ1v) is 17.2. The van der Waals surface area contributed by atoms with Crippen molar-refractivity contribution in [2.45, 2.75) is 64.7 Å². The van der Waals surface area contributed by atoms with Gasteiger partial charge in [-0.1, -0.05) is 37.3 Å². The van der Waals surface area contributed by atoms with Crippen LogP contribution in [0, 0.1) is 5.92 Å². The van der Waals surface area contributed by atoms with E-state index in [0.717, 1.165) is 24.8 Å². The van der Waals surface area contributed by atoms with Crippen molar-refractivity contribution in [3.63, 3.8) is 0 Å². The second kappa shape index (κ2) is 17.2. The molecule has 0 unspecified atom stereocenters. The van der Waals surface area contributed by atoms with E-state index in [2.05, 4.69) is 10.6 Å². The molecule has 2 aliphatic rings. The van der Waals surface area contributed by atoms with Crippen LogP contribution < -0.4 is 24.8 Å². The number of likely N-dealkylation sites (N-methyl/N-ethyl adjacent to an activating group) is 1. The Labute approximate surface area is 293 Å². The Hall–Kier alpha value is -4.81. The summed E-state index contributed by atoms with van der Waals surface area (Å²) in [4.78, 5) is 43.9. The molecule has 0 fully saturated rings. The molecule has 0 aliphatic carbocycles. The molecule has 4 amide bonds. The number of aliphatic hydroxyl groups is 1. The monoisotopic (exact) mass is 688 g/mol. The van der Waals surface area contributed by atoms with Crippen LogP contribution in [0.15, 0.2) is 66.7 Å². The van der Waals surface area contributed by atoms with Gasteiger partial charge in [0.05, 0.1) is 36.8 Å². The highest BCUT2D eigenvalue weighted by Crippen LogP contribution is 2.34. The van der Waals surface area contributed by atoms with Gasteiger partial charge in [-0.3, -0.25) is 9.59 Å².